The smallest absolute Gasteiger partial charge is 0.373 e. The molecule has 1 saturated heterocycles. The van der Waals surface area contributed by atoms with Crippen molar-refractivity contribution in [2.75, 3.05) is 19.4 Å². The van der Waals surface area contributed by atoms with Crippen LogP contribution in [0.5, 0.6) is 0 Å². The molecule has 1 aliphatic rings. The Balaban J connectivity index is 2.30. The van der Waals surface area contributed by atoms with Gasteiger partial charge in [-0.05, 0) is 31.5 Å². The molecular formula is C14H21NO5S. The maximum absolute atomic E-state index is 12.3. The molecule has 7 heteroatoms. The number of methoxy groups -OCH3 is 1. The number of carbonyl (C=O) groups excluding carboxylic acids is 1. The lowest BCUT2D eigenvalue weighted by Gasteiger charge is -2.29. The molecule has 0 aliphatic carbocycles. The molecule has 0 aromatic carbocycles. The lowest BCUT2D eigenvalue weighted by atomic mass is 10.0. The van der Waals surface area contributed by atoms with Crippen LogP contribution in [0.15, 0.2) is 16.5 Å². The monoisotopic (exact) mass is 315 g/mol. The standard InChI is InChI=1S/C14H21NO5S/c1-3-15-13(12-6-4-5-9-21(12,17)18)10-7-8-11(20-10)14(16)19-2/h7-8,12-13,15H,3-6,9H2,1-2H3. The van der Waals surface area contributed by atoms with Crippen LogP contribution in [0.3, 0.4) is 0 Å². The Morgan fingerprint density at radius 2 is 2.24 bits per heavy atom. The fourth-order valence-electron chi connectivity index (χ4n) is 2.72. The summed E-state index contributed by atoms with van der Waals surface area (Å²) >= 11 is 0. The molecule has 2 rings (SSSR count). The Hall–Kier alpha value is -1.34. The molecule has 118 valence electrons. The predicted octanol–water partition coefficient (Wildman–Crippen LogP) is 1.68. The second kappa shape index (κ2) is 6.62. The minimum atomic E-state index is -3.15. The van der Waals surface area contributed by atoms with Crippen molar-refractivity contribution in [1.29, 1.82) is 0 Å². The topological polar surface area (TPSA) is 85.6 Å². The van der Waals surface area contributed by atoms with E-state index in [1.54, 1.807) is 6.07 Å². The number of nitrogens with one attached hydrogen (secondary N) is 1. The van der Waals surface area contributed by atoms with Crippen molar-refractivity contribution >= 4 is 15.8 Å². The molecule has 6 nitrogen and oxygen atoms in total. The molecule has 0 bridgehead atoms. The van der Waals surface area contributed by atoms with Crippen molar-refractivity contribution in [1.82, 2.24) is 5.32 Å². The second-order valence-electron chi connectivity index (χ2n) is 5.13. The van der Waals surface area contributed by atoms with E-state index in [1.807, 2.05) is 6.92 Å². The first kappa shape index (κ1) is 16.0. The van der Waals surface area contributed by atoms with Crippen molar-refractivity contribution in [3.05, 3.63) is 23.7 Å². The van der Waals surface area contributed by atoms with Crippen LogP contribution in [-0.4, -0.2) is 39.0 Å². The van der Waals surface area contributed by atoms with Gasteiger partial charge in [-0.1, -0.05) is 13.3 Å². The SMILES string of the molecule is CCNC(c1ccc(C(=O)OC)o1)C1CCCCS1(=O)=O. The van der Waals surface area contributed by atoms with Crippen molar-refractivity contribution in [2.24, 2.45) is 0 Å². The van der Waals surface area contributed by atoms with E-state index in [0.717, 1.165) is 6.42 Å². The molecule has 0 amide bonds. The number of carbonyl (C=O) groups is 1. The second-order valence-corrected chi connectivity index (χ2v) is 7.47. The minimum Gasteiger partial charge on any atom is -0.463 e. The first-order chi connectivity index (χ1) is 9.99. The number of sulfone groups is 1. The van der Waals surface area contributed by atoms with Crippen LogP contribution in [0.25, 0.3) is 0 Å². The van der Waals surface area contributed by atoms with E-state index in [2.05, 4.69) is 10.1 Å². The number of hydrogen-bond acceptors (Lipinski definition) is 6. The van der Waals surface area contributed by atoms with Gasteiger partial charge in [0.15, 0.2) is 9.84 Å². The van der Waals surface area contributed by atoms with Crippen molar-refractivity contribution in [3.8, 4) is 0 Å². The number of esters is 1. The highest BCUT2D eigenvalue weighted by molar-refractivity contribution is 7.92. The van der Waals surface area contributed by atoms with E-state index >= 15 is 0 Å². The summed E-state index contributed by atoms with van der Waals surface area (Å²) < 4.78 is 34.7. The average Bonchev–Trinajstić information content (AvgIpc) is 2.93. The van der Waals surface area contributed by atoms with Crippen LogP contribution >= 0.6 is 0 Å². The van der Waals surface area contributed by atoms with Gasteiger partial charge in [-0.25, -0.2) is 13.2 Å². The summed E-state index contributed by atoms with van der Waals surface area (Å²) in [6.07, 6.45) is 2.20. The molecule has 0 radical (unpaired) electrons. The molecule has 2 unspecified atom stereocenters. The van der Waals surface area contributed by atoms with Crippen molar-refractivity contribution in [2.45, 2.75) is 37.5 Å². The molecule has 1 fully saturated rings. The third kappa shape index (κ3) is 3.47. The van der Waals surface area contributed by atoms with Crippen LogP contribution in [0.2, 0.25) is 0 Å². The van der Waals surface area contributed by atoms with Crippen LogP contribution < -0.4 is 5.32 Å². The van der Waals surface area contributed by atoms with Gasteiger partial charge in [0.25, 0.3) is 0 Å². The Morgan fingerprint density at radius 3 is 2.86 bits per heavy atom. The average molecular weight is 315 g/mol. The maximum atomic E-state index is 12.3. The number of rotatable bonds is 5. The highest BCUT2D eigenvalue weighted by atomic mass is 32.2. The van der Waals surface area contributed by atoms with Gasteiger partial charge in [-0.15, -0.1) is 0 Å². The lowest BCUT2D eigenvalue weighted by Crippen LogP contribution is -2.40. The molecule has 2 heterocycles. The van der Waals surface area contributed by atoms with Crippen LogP contribution in [0, 0.1) is 0 Å². The molecule has 1 aromatic rings. The first-order valence-electron chi connectivity index (χ1n) is 7.12. The van der Waals surface area contributed by atoms with E-state index in [1.165, 1.54) is 13.2 Å². The Morgan fingerprint density at radius 1 is 1.48 bits per heavy atom. The largest absolute Gasteiger partial charge is 0.463 e. The predicted molar refractivity (Wildman–Crippen MR) is 77.9 cm³/mol. The van der Waals surface area contributed by atoms with Gasteiger partial charge in [0.1, 0.15) is 5.76 Å². The Kier molecular flexibility index (Phi) is 5.05. The highest BCUT2D eigenvalue weighted by Gasteiger charge is 2.37. The number of ether oxygens (including phenoxy) is 1. The van der Waals surface area contributed by atoms with E-state index in [0.29, 0.717) is 25.1 Å². The van der Waals surface area contributed by atoms with E-state index in [4.69, 9.17) is 4.42 Å². The Labute approximate surface area is 124 Å². The number of hydrogen-bond donors (Lipinski definition) is 1. The minimum absolute atomic E-state index is 0.0867. The summed E-state index contributed by atoms with van der Waals surface area (Å²) in [6.45, 7) is 2.53. The summed E-state index contributed by atoms with van der Waals surface area (Å²) in [6, 6.07) is 2.73. The lowest BCUT2D eigenvalue weighted by molar-refractivity contribution is 0.0562. The third-order valence-corrected chi connectivity index (χ3v) is 6.03. The molecular weight excluding hydrogens is 294 g/mol. The summed E-state index contributed by atoms with van der Waals surface area (Å²) in [5, 5.41) is 2.66. The fourth-order valence-corrected chi connectivity index (χ4v) is 4.80. The first-order valence-corrected chi connectivity index (χ1v) is 8.84. The van der Waals surface area contributed by atoms with Crippen LogP contribution in [0.1, 0.15) is 48.5 Å². The van der Waals surface area contributed by atoms with Gasteiger partial charge in [0.05, 0.1) is 24.2 Å². The van der Waals surface area contributed by atoms with Gasteiger partial charge in [-0.2, -0.15) is 0 Å². The van der Waals surface area contributed by atoms with Gasteiger partial charge >= 0.3 is 5.97 Å². The summed E-state index contributed by atoms with van der Waals surface area (Å²) in [7, 11) is -1.87. The molecule has 0 saturated carbocycles. The molecule has 1 aliphatic heterocycles. The fraction of sp³-hybridized carbons (Fsp3) is 0.643. The van der Waals surface area contributed by atoms with E-state index in [-0.39, 0.29) is 11.5 Å². The van der Waals surface area contributed by atoms with Gasteiger partial charge < -0.3 is 14.5 Å². The normalized spacial score (nSPS) is 22.7. The van der Waals surface area contributed by atoms with Crippen LogP contribution in [0.4, 0.5) is 0 Å². The molecule has 1 aromatic heterocycles. The number of furan rings is 1. The third-order valence-electron chi connectivity index (χ3n) is 3.74. The maximum Gasteiger partial charge on any atom is 0.373 e. The molecule has 21 heavy (non-hydrogen) atoms. The van der Waals surface area contributed by atoms with E-state index < -0.39 is 27.1 Å². The van der Waals surface area contributed by atoms with Crippen molar-refractivity contribution < 1.29 is 22.4 Å². The van der Waals surface area contributed by atoms with E-state index in [9.17, 15) is 13.2 Å². The van der Waals surface area contributed by atoms with Crippen molar-refractivity contribution in [3.63, 3.8) is 0 Å². The summed E-state index contributed by atoms with van der Waals surface area (Å²) in [5.74, 6) is 0.198. The Bertz CT molecular complexity index is 592. The molecule has 1 N–H and O–H groups in total. The quantitative estimate of drug-likeness (QED) is 0.832. The highest BCUT2D eigenvalue weighted by Crippen LogP contribution is 2.31. The van der Waals surface area contributed by atoms with Crippen LogP contribution in [-0.2, 0) is 14.6 Å². The zero-order valence-electron chi connectivity index (χ0n) is 12.3. The zero-order valence-corrected chi connectivity index (χ0v) is 13.1. The summed E-state index contributed by atoms with van der Waals surface area (Å²) in [5.41, 5.74) is 0. The summed E-state index contributed by atoms with van der Waals surface area (Å²) in [4.78, 5) is 11.5. The van der Waals surface area contributed by atoms with Gasteiger partial charge in [0, 0.05) is 0 Å². The van der Waals surface area contributed by atoms with Gasteiger partial charge in [0.2, 0.25) is 5.76 Å². The molecule has 2 atom stereocenters. The van der Waals surface area contributed by atoms with Gasteiger partial charge in [-0.3, -0.25) is 0 Å². The molecule has 0 spiro atoms. The zero-order chi connectivity index (χ0) is 15.5.